The van der Waals surface area contributed by atoms with E-state index in [9.17, 15) is 9.59 Å². The van der Waals surface area contributed by atoms with Crippen molar-refractivity contribution in [2.45, 2.75) is 83.5 Å². The first-order valence-corrected chi connectivity index (χ1v) is 11.5. The molecule has 0 saturated carbocycles. The highest BCUT2D eigenvalue weighted by Gasteiger charge is 2.24. The molecule has 2 aromatic heterocycles. The minimum Gasteiger partial charge on any atom is -0.351 e. The van der Waals surface area contributed by atoms with Crippen molar-refractivity contribution >= 4 is 39.2 Å². The average Bonchev–Trinajstić information content (AvgIpc) is 2.96. The third-order valence-electron chi connectivity index (χ3n) is 4.87. The molecule has 1 amide bonds. The first-order chi connectivity index (χ1) is 12.7. The molecule has 148 valence electrons. The molecule has 27 heavy (non-hydrogen) atoms. The molecule has 2 heterocycles. The molecule has 5 nitrogen and oxygen atoms in total. The summed E-state index contributed by atoms with van der Waals surface area (Å²) in [4.78, 5) is 32.6. The first-order valence-electron chi connectivity index (χ1n) is 9.72. The minimum atomic E-state index is -0.266. The number of carbonyl (C=O) groups is 1. The second-order valence-corrected chi connectivity index (χ2v) is 10.3. The predicted octanol–water partition coefficient (Wildman–Crippen LogP) is 4.31. The van der Waals surface area contributed by atoms with Gasteiger partial charge < -0.3 is 5.32 Å². The molecule has 1 aliphatic carbocycles. The number of thiophene rings is 1. The third kappa shape index (κ3) is 4.40. The fraction of sp³-hybridized carbons (Fsp3) is 0.650. The molecule has 0 aliphatic heterocycles. The van der Waals surface area contributed by atoms with Crippen LogP contribution in [-0.2, 0) is 17.6 Å². The van der Waals surface area contributed by atoms with Crippen LogP contribution in [0.4, 0.5) is 0 Å². The first kappa shape index (κ1) is 20.4. The van der Waals surface area contributed by atoms with Crippen LogP contribution in [0, 0.1) is 0 Å². The van der Waals surface area contributed by atoms with Crippen LogP contribution in [0.15, 0.2) is 9.95 Å². The van der Waals surface area contributed by atoms with Crippen molar-refractivity contribution in [3.05, 3.63) is 20.8 Å². The van der Waals surface area contributed by atoms with E-state index >= 15 is 0 Å². The predicted molar refractivity (Wildman–Crippen MR) is 114 cm³/mol. The van der Waals surface area contributed by atoms with Gasteiger partial charge in [-0.2, -0.15) is 0 Å². The molecule has 7 heteroatoms. The summed E-state index contributed by atoms with van der Waals surface area (Å²) < 4.78 is 1.80. The third-order valence-corrected chi connectivity index (χ3v) is 7.01. The van der Waals surface area contributed by atoms with Crippen molar-refractivity contribution in [1.29, 1.82) is 0 Å². The lowest BCUT2D eigenvalue weighted by atomic mass is 9.97. The quantitative estimate of drug-likeness (QED) is 0.592. The number of nitrogens with one attached hydrogen (secondary N) is 1. The number of amides is 1. The van der Waals surface area contributed by atoms with Crippen LogP contribution in [0.5, 0.6) is 0 Å². The molecule has 0 radical (unpaired) electrons. The van der Waals surface area contributed by atoms with Gasteiger partial charge in [-0.1, -0.05) is 18.7 Å². The Labute approximate surface area is 169 Å². The van der Waals surface area contributed by atoms with Gasteiger partial charge in [0.25, 0.3) is 5.56 Å². The van der Waals surface area contributed by atoms with E-state index in [2.05, 4.69) is 12.2 Å². The number of hydrogen-bond donors (Lipinski definition) is 1. The molecule has 0 spiro atoms. The van der Waals surface area contributed by atoms with Crippen LogP contribution in [-0.4, -0.2) is 26.8 Å². The van der Waals surface area contributed by atoms with Gasteiger partial charge in [0.1, 0.15) is 4.83 Å². The molecule has 0 bridgehead atoms. The van der Waals surface area contributed by atoms with Crippen molar-refractivity contribution < 1.29 is 4.79 Å². The number of rotatable bonds is 5. The smallest absolute Gasteiger partial charge is 0.263 e. The summed E-state index contributed by atoms with van der Waals surface area (Å²) in [6.45, 7) is 10.0. The Hall–Kier alpha value is -1.34. The lowest BCUT2D eigenvalue weighted by Gasteiger charge is -2.21. The van der Waals surface area contributed by atoms with Gasteiger partial charge in [-0.15, -0.1) is 11.3 Å². The second kappa shape index (κ2) is 7.95. The maximum absolute atomic E-state index is 13.4. The summed E-state index contributed by atoms with van der Waals surface area (Å²) in [5.41, 5.74) is 1.02. The Balaban J connectivity index is 2.01. The molecule has 1 atom stereocenters. The van der Waals surface area contributed by atoms with Crippen LogP contribution in [0.1, 0.15) is 70.4 Å². The zero-order chi connectivity index (χ0) is 19.8. The van der Waals surface area contributed by atoms with Crippen molar-refractivity contribution in [2.75, 3.05) is 5.75 Å². The summed E-state index contributed by atoms with van der Waals surface area (Å²) in [5.74, 6) is 0.222. The normalized spacial score (nSPS) is 15.6. The lowest BCUT2D eigenvalue weighted by Crippen LogP contribution is -2.41. The monoisotopic (exact) mass is 407 g/mol. The fourth-order valence-electron chi connectivity index (χ4n) is 3.46. The van der Waals surface area contributed by atoms with E-state index in [1.165, 1.54) is 28.6 Å². The number of thioether (sulfide) groups is 1. The maximum Gasteiger partial charge on any atom is 0.263 e. The summed E-state index contributed by atoms with van der Waals surface area (Å²) in [6.07, 6.45) is 5.21. The molecule has 0 saturated heterocycles. The van der Waals surface area contributed by atoms with Gasteiger partial charge in [0.15, 0.2) is 5.16 Å². The molecule has 2 aromatic rings. The Bertz CT molecular complexity index is 909. The van der Waals surface area contributed by atoms with Crippen LogP contribution < -0.4 is 10.9 Å². The molecule has 1 N–H and O–H groups in total. The summed E-state index contributed by atoms with van der Waals surface area (Å²) in [7, 11) is 0. The Kier molecular flexibility index (Phi) is 6.01. The van der Waals surface area contributed by atoms with E-state index in [1.807, 2.05) is 27.7 Å². The van der Waals surface area contributed by atoms with Gasteiger partial charge in [0.2, 0.25) is 5.91 Å². The largest absolute Gasteiger partial charge is 0.351 e. The van der Waals surface area contributed by atoms with Crippen LogP contribution in [0.2, 0.25) is 0 Å². The number of hydrogen-bond acceptors (Lipinski definition) is 5. The zero-order valence-corrected chi connectivity index (χ0v) is 18.5. The number of carbonyl (C=O) groups excluding carboxylic acids is 1. The highest BCUT2D eigenvalue weighted by molar-refractivity contribution is 7.99. The molecular weight excluding hydrogens is 378 g/mol. The molecule has 3 rings (SSSR count). The van der Waals surface area contributed by atoms with Crippen LogP contribution in [0.25, 0.3) is 10.2 Å². The lowest BCUT2D eigenvalue weighted by molar-refractivity contribution is -0.119. The van der Waals surface area contributed by atoms with Crippen molar-refractivity contribution in [3.63, 3.8) is 0 Å². The number of aromatic nitrogens is 2. The zero-order valence-electron chi connectivity index (χ0n) is 16.8. The van der Waals surface area contributed by atoms with Crippen molar-refractivity contribution in [1.82, 2.24) is 14.9 Å². The standard InChI is InChI=1S/C20H29N3O2S2/c1-6-12(2)23-18(25)16-13-9-7-8-10-14(13)27-17(16)21-19(23)26-11-15(24)22-20(3,4)5/h12H,6-11H2,1-5H3,(H,22,24)/t12-/m0/s1. The van der Waals surface area contributed by atoms with E-state index in [-0.39, 0.29) is 28.8 Å². The van der Waals surface area contributed by atoms with Crippen molar-refractivity contribution in [3.8, 4) is 0 Å². The molecule has 0 aromatic carbocycles. The van der Waals surface area contributed by atoms with Gasteiger partial charge in [0.05, 0.1) is 11.1 Å². The number of fused-ring (bicyclic) bond motifs is 3. The second-order valence-electron chi connectivity index (χ2n) is 8.30. The van der Waals surface area contributed by atoms with Gasteiger partial charge in [0, 0.05) is 16.5 Å². The van der Waals surface area contributed by atoms with Crippen LogP contribution >= 0.6 is 23.1 Å². The van der Waals surface area contributed by atoms with E-state index < -0.39 is 0 Å². The Morgan fingerprint density at radius 3 is 2.70 bits per heavy atom. The minimum absolute atomic E-state index is 0.0389. The number of nitrogens with zero attached hydrogens (tertiary/aromatic N) is 2. The summed E-state index contributed by atoms with van der Waals surface area (Å²) in [5, 5.41) is 4.45. The fourth-order valence-corrected chi connectivity index (χ4v) is 5.66. The summed E-state index contributed by atoms with van der Waals surface area (Å²) in [6, 6.07) is 0.0571. The van der Waals surface area contributed by atoms with E-state index in [1.54, 1.807) is 15.9 Å². The van der Waals surface area contributed by atoms with Gasteiger partial charge in [-0.25, -0.2) is 4.98 Å². The van der Waals surface area contributed by atoms with E-state index in [0.29, 0.717) is 5.16 Å². The SMILES string of the molecule is CC[C@H](C)n1c(SCC(=O)NC(C)(C)C)nc2sc3c(c2c1=O)CCCC3. The molecule has 0 unspecified atom stereocenters. The van der Waals surface area contributed by atoms with Crippen LogP contribution in [0.3, 0.4) is 0 Å². The molecule has 0 fully saturated rings. The molecular formula is C20H29N3O2S2. The van der Waals surface area contributed by atoms with E-state index in [4.69, 9.17) is 4.98 Å². The highest BCUT2D eigenvalue weighted by atomic mass is 32.2. The average molecular weight is 408 g/mol. The topological polar surface area (TPSA) is 64.0 Å². The van der Waals surface area contributed by atoms with Crippen molar-refractivity contribution in [2.24, 2.45) is 0 Å². The van der Waals surface area contributed by atoms with E-state index in [0.717, 1.165) is 35.9 Å². The molecule has 1 aliphatic rings. The Morgan fingerprint density at radius 1 is 1.33 bits per heavy atom. The maximum atomic E-state index is 13.4. The van der Waals surface area contributed by atoms with Gasteiger partial charge in [-0.05, 0) is 65.4 Å². The van der Waals surface area contributed by atoms with Gasteiger partial charge in [-0.3, -0.25) is 14.2 Å². The number of aryl methyl sites for hydroxylation is 2. The highest BCUT2D eigenvalue weighted by Crippen LogP contribution is 2.35. The summed E-state index contributed by atoms with van der Waals surface area (Å²) >= 11 is 3.02. The van der Waals surface area contributed by atoms with Gasteiger partial charge >= 0.3 is 0 Å². The Morgan fingerprint density at radius 2 is 2.04 bits per heavy atom.